The van der Waals surface area contributed by atoms with Gasteiger partial charge in [0.2, 0.25) is 0 Å². The molecule has 0 aliphatic heterocycles. The van der Waals surface area contributed by atoms with Gasteiger partial charge in [-0.3, -0.25) is 0 Å². The minimum Gasteiger partial charge on any atom is -0.463 e. The third kappa shape index (κ3) is 8.69. The number of carbonyl (C=O) groups excluding carboxylic acids is 1. The fourth-order valence-electron chi connectivity index (χ4n) is 1.62. The molecule has 0 aromatic heterocycles. The second-order valence-corrected chi connectivity index (χ2v) is 4.93. The van der Waals surface area contributed by atoms with Gasteiger partial charge in [-0.1, -0.05) is 26.0 Å². The van der Waals surface area contributed by atoms with Gasteiger partial charge in [-0.25, -0.2) is 4.79 Å². The summed E-state index contributed by atoms with van der Waals surface area (Å²) in [4.78, 5) is 11.2. The molecule has 0 saturated heterocycles. The molecule has 0 rings (SSSR count). The van der Waals surface area contributed by atoms with Crippen LogP contribution in [0.25, 0.3) is 0 Å². The van der Waals surface area contributed by atoms with Gasteiger partial charge in [0, 0.05) is 6.08 Å². The molecule has 98 valence electrons. The van der Waals surface area contributed by atoms with Crippen LogP contribution in [0, 0.1) is 5.92 Å². The Balaban J connectivity index is 4.45. The summed E-state index contributed by atoms with van der Waals surface area (Å²) >= 11 is 0. The van der Waals surface area contributed by atoms with Crippen LogP contribution in [0.15, 0.2) is 23.8 Å². The third-order valence-corrected chi connectivity index (χ3v) is 2.16. The van der Waals surface area contributed by atoms with Crippen molar-refractivity contribution in [3.8, 4) is 0 Å². The number of esters is 1. The van der Waals surface area contributed by atoms with Gasteiger partial charge in [0.25, 0.3) is 0 Å². The highest BCUT2D eigenvalue weighted by atomic mass is 16.5. The van der Waals surface area contributed by atoms with E-state index in [-0.39, 0.29) is 5.97 Å². The van der Waals surface area contributed by atoms with Crippen molar-refractivity contribution in [3.63, 3.8) is 0 Å². The molecule has 0 heterocycles. The van der Waals surface area contributed by atoms with E-state index in [1.807, 2.05) is 0 Å². The first-order valence-corrected chi connectivity index (χ1v) is 6.03. The summed E-state index contributed by atoms with van der Waals surface area (Å²) in [6.07, 6.45) is 5.58. The van der Waals surface area contributed by atoms with Crippen LogP contribution in [-0.4, -0.2) is 23.3 Å². The molecule has 0 radical (unpaired) electrons. The minimum absolute atomic E-state index is 0.349. The van der Waals surface area contributed by atoms with Gasteiger partial charge in [0.05, 0.1) is 12.2 Å². The first-order chi connectivity index (χ1) is 7.76. The lowest BCUT2D eigenvalue weighted by Crippen LogP contribution is -2.23. The monoisotopic (exact) mass is 240 g/mol. The van der Waals surface area contributed by atoms with Crippen molar-refractivity contribution >= 4 is 5.97 Å². The number of hydrogen-bond donors (Lipinski definition) is 1. The van der Waals surface area contributed by atoms with E-state index in [1.54, 1.807) is 32.9 Å². The number of allylic oxidation sites excluding steroid dienone is 2. The van der Waals surface area contributed by atoms with E-state index in [4.69, 9.17) is 4.74 Å². The minimum atomic E-state index is -0.835. The van der Waals surface area contributed by atoms with Crippen LogP contribution in [0.5, 0.6) is 0 Å². The van der Waals surface area contributed by atoms with E-state index in [9.17, 15) is 9.90 Å². The molecule has 0 aromatic carbocycles. The van der Waals surface area contributed by atoms with Crippen molar-refractivity contribution < 1.29 is 14.6 Å². The molecule has 0 aliphatic rings. The molecule has 3 nitrogen and oxygen atoms in total. The molecule has 1 atom stereocenters. The Morgan fingerprint density at radius 3 is 2.53 bits per heavy atom. The highest BCUT2D eigenvalue weighted by Gasteiger charge is 2.17. The molecule has 0 aliphatic carbocycles. The standard InChI is InChI=1S/C14H24O3/c1-6-17-13(15)9-12(4)7-8-14(5,16)10-11(2)3/h7-9,11,16H,6,10H2,1-5H3/b8-7+,12-9-. The lowest BCUT2D eigenvalue weighted by atomic mass is 9.93. The zero-order valence-corrected chi connectivity index (χ0v) is 11.5. The Bertz CT molecular complexity index is 299. The van der Waals surface area contributed by atoms with Crippen molar-refractivity contribution in [2.75, 3.05) is 6.61 Å². The molecule has 17 heavy (non-hydrogen) atoms. The zero-order valence-electron chi connectivity index (χ0n) is 11.5. The molecule has 0 spiro atoms. The summed E-state index contributed by atoms with van der Waals surface area (Å²) < 4.78 is 4.80. The Morgan fingerprint density at radius 1 is 1.47 bits per heavy atom. The van der Waals surface area contributed by atoms with Gasteiger partial charge in [-0.2, -0.15) is 0 Å². The fourth-order valence-corrected chi connectivity index (χ4v) is 1.62. The first-order valence-electron chi connectivity index (χ1n) is 6.03. The van der Waals surface area contributed by atoms with Crippen molar-refractivity contribution in [3.05, 3.63) is 23.8 Å². The lowest BCUT2D eigenvalue weighted by molar-refractivity contribution is -0.137. The number of carbonyl (C=O) groups is 1. The van der Waals surface area contributed by atoms with Crippen molar-refractivity contribution in [1.82, 2.24) is 0 Å². The maximum atomic E-state index is 11.2. The van der Waals surface area contributed by atoms with E-state index in [2.05, 4.69) is 13.8 Å². The zero-order chi connectivity index (χ0) is 13.5. The van der Waals surface area contributed by atoms with Gasteiger partial charge in [-0.05, 0) is 38.7 Å². The van der Waals surface area contributed by atoms with Gasteiger partial charge in [0.1, 0.15) is 0 Å². The van der Waals surface area contributed by atoms with Crippen molar-refractivity contribution in [2.24, 2.45) is 5.92 Å². The number of hydrogen-bond acceptors (Lipinski definition) is 3. The SMILES string of the molecule is CCOC(=O)/C=C(C)\C=C\C(C)(O)CC(C)C. The number of rotatable bonds is 6. The Morgan fingerprint density at radius 2 is 2.06 bits per heavy atom. The van der Waals surface area contributed by atoms with Gasteiger partial charge in [-0.15, -0.1) is 0 Å². The molecular formula is C14H24O3. The molecule has 3 heteroatoms. The quantitative estimate of drug-likeness (QED) is 0.441. The molecule has 0 amide bonds. The average Bonchev–Trinajstić information content (AvgIpc) is 2.13. The van der Waals surface area contributed by atoms with E-state index in [0.717, 1.165) is 5.57 Å². The summed E-state index contributed by atoms with van der Waals surface area (Å²) in [6.45, 7) is 9.83. The van der Waals surface area contributed by atoms with Gasteiger partial charge < -0.3 is 9.84 Å². The van der Waals surface area contributed by atoms with Crippen LogP contribution in [-0.2, 0) is 9.53 Å². The number of ether oxygens (including phenoxy) is 1. The third-order valence-electron chi connectivity index (χ3n) is 2.16. The largest absolute Gasteiger partial charge is 0.463 e. The summed E-state index contributed by atoms with van der Waals surface area (Å²) in [7, 11) is 0. The van der Waals surface area contributed by atoms with Crippen LogP contribution < -0.4 is 0 Å². The Hall–Kier alpha value is -1.09. The Kier molecular flexibility index (Phi) is 6.81. The van der Waals surface area contributed by atoms with Crippen LogP contribution in [0.1, 0.15) is 41.0 Å². The lowest BCUT2D eigenvalue weighted by Gasteiger charge is -2.21. The van der Waals surface area contributed by atoms with Crippen molar-refractivity contribution in [1.29, 1.82) is 0 Å². The van der Waals surface area contributed by atoms with Crippen LogP contribution in [0.4, 0.5) is 0 Å². The normalized spacial score (nSPS) is 16.3. The van der Waals surface area contributed by atoms with Crippen molar-refractivity contribution in [2.45, 2.75) is 46.6 Å². The topological polar surface area (TPSA) is 46.5 Å². The molecule has 0 saturated carbocycles. The van der Waals surface area contributed by atoms with Gasteiger partial charge in [0.15, 0.2) is 0 Å². The summed E-state index contributed by atoms with van der Waals surface area (Å²) in [5, 5.41) is 10.0. The molecular weight excluding hydrogens is 216 g/mol. The summed E-state index contributed by atoms with van der Waals surface area (Å²) in [6, 6.07) is 0. The van der Waals surface area contributed by atoms with Gasteiger partial charge >= 0.3 is 5.97 Å². The second kappa shape index (κ2) is 7.28. The molecule has 0 aromatic rings. The van der Waals surface area contributed by atoms with Crippen LogP contribution >= 0.6 is 0 Å². The Labute approximate surface area is 104 Å². The second-order valence-electron chi connectivity index (χ2n) is 4.93. The van der Waals surface area contributed by atoms with Crippen LogP contribution in [0.3, 0.4) is 0 Å². The molecule has 1 unspecified atom stereocenters. The average molecular weight is 240 g/mol. The van der Waals surface area contributed by atoms with E-state index < -0.39 is 5.60 Å². The van der Waals surface area contributed by atoms with E-state index in [1.165, 1.54) is 6.08 Å². The molecule has 0 fully saturated rings. The maximum absolute atomic E-state index is 11.2. The first kappa shape index (κ1) is 15.9. The highest BCUT2D eigenvalue weighted by Crippen LogP contribution is 2.18. The fraction of sp³-hybridized carbons (Fsp3) is 0.643. The maximum Gasteiger partial charge on any atom is 0.330 e. The molecule has 1 N–H and O–H groups in total. The van der Waals surface area contributed by atoms with Crippen LogP contribution in [0.2, 0.25) is 0 Å². The molecule has 0 bridgehead atoms. The highest BCUT2D eigenvalue weighted by molar-refractivity contribution is 5.83. The smallest absolute Gasteiger partial charge is 0.330 e. The summed E-state index contributed by atoms with van der Waals surface area (Å²) in [5.41, 5.74) is -0.0646. The number of aliphatic hydroxyl groups is 1. The predicted octanol–water partition coefficient (Wildman–Crippen LogP) is 2.85. The van der Waals surface area contributed by atoms with E-state index in [0.29, 0.717) is 18.9 Å². The predicted molar refractivity (Wildman–Crippen MR) is 69.6 cm³/mol. The van der Waals surface area contributed by atoms with E-state index >= 15 is 0 Å². The summed E-state index contributed by atoms with van der Waals surface area (Å²) in [5.74, 6) is 0.0714.